The van der Waals surface area contributed by atoms with Crippen LogP contribution in [-0.2, 0) is 0 Å². The van der Waals surface area contributed by atoms with Crippen molar-refractivity contribution in [3.05, 3.63) is 29.3 Å². The highest BCUT2D eigenvalue weighted by Crippen LogP contribution is 2.27. The zero-order valence-corrected chi connectivity index (χ0v) is 12.0. The number of nitrogens with zero attached hydrogens (tertiary/aromatic N) is 3. The molecule has 6 heteroatoms. The van der Waals surface area contributed by atoms with Crippen LogP contribution in [0.4, 0.5) is 6.01 Å². The van der Waals surface area contributed by atoms with Crippen molar-refractivity contribution in [2.24, 2.45) is 0 Å². The third kappa shape index (κ3) is 2.78. The fourth-order valence-corrected chi connectivity index (χ4v) is 2.66. The zero-order chi connectivity index (χ0) is 14.2. The van der Waals surface area contributed by atoms with E-state index in [0.29, 0.717) is 23.4 Å². The highest BCUT2D eigenvalue weighted by Gasteiger charge is 2.31. The van der Waals surface area contributed by atoms with Crippen LogP contribution in [0.5, 0.6) is 0 Å². The molecular weight excluding hydrogens is 278 g/mol. The van der Waals surface area contributed by atoms with E-state index in [1.165, 1.54) is 0 Å². The quantitative estimate of drug-likeness (QED) is 0.922. The van der Waals surface area contributed by atoms with Gasteiger partial charge in [-0.25, -0.2) is 0 Å². The minimum absolute atomic E-state index is 0.444. The minimum Gasteiger partial charge on any atom is -0.388 e. The van der Waals surface area contributed by atoms with Crippen LogP contribution in [-0.4, -0.2) is 33.9 Å². The molecule has 1 aromatic carbocycles. The molecule has 1 aliphatic heterocycles. The molecule has 0 saturated carbocycles. The van der Waals surface area contributed by atoms with Crippen molar-refractivity contribution < 1.29 is 9.63 Å². The standard InChI is InChI=1S/C14H16ClN3O2/c1-14(19)6-3-7-18(9-14)13-16-12(17-20-13)10-4-2-5-11(15)8-10/h2,4-5,8,19H,3,6-7,9H2,1H3. The first-order valence-electron chi connectivity index (χ1n) is 6.60. The molecule has 20 heavy (non-hydrogen) atoms. The Morgan fingerprint density at radius 1 is 1.45 bits per heavy atom. The maximum absolute atomic E-state index is 10.1. The third-order valence-corrected chi connectivity index (χ3v) is 3.68. The molecule has 1 atom stereocenters. The van der Waals surface area contributed by atoms with Gasteiger partial charge in [0.25, 0.3) is 0 Å². The minimum atomic E-state index is -0.705. The molecule has 2 heterocycles. The second-order valence-electron chi connectivity index (χ2n) is 5.43. The van der Waals surface area contributed by atoms with Gasteiger partial charge in [-0.15, -0.1) is 0 Å². The van der Waals surface area contributed by atoms with Gasteiger partial charge in [-0.05, 0) is 31.9 Å². The summed E-state index contributed by atoms with van der Waals surface area (Å²) in [4.78, 5) is 6.31. The summed E-state index contributed by atoms with van der Waals surface area (Å²) in [6.07, 6.45) is 1.70. The molecule has 1 aromatic heterocycles. The summed E-state index contributed by atoms with van der Waals surface area (Å²) in [5.41, 5.74) is 0.111. The number of piperidine rings is 1. The first kappa shape index (κ1) is 13.4. The predicted octanol–water partition coefficient (Wildman–Crippen LogP) is 2.74. The van der Waals surface area contributed by atoms with Gasteiger partial charge < -0.3 is 14.5 Å². The Balaban J connectivity index is 1.83. The summed E-state index contributed by atoms with van der Waals surface area (Å²) in [5, 5.41) is 14.7. The van der Waals surface area contributed by atoms with Crippen molar-refractivity contribution in [1.29, 1.82) is 0 Å². The van der Waals surface area contributed by atoms with Crippen LogP contribution in [0.2, 0.25) is 5.02 Å². The molecular formula is C14H16ClN3O2. The summed E-state index contributed by atoms with van der Waals surface area (Å²) in [5.74, 6) is 0.507. The molecule has 0 amide bonds. The Morgan fingerprint density at radius 3 is 3.05 bits per heavy atom. The lowest BCUT2D eigenvalue weighted by atomic mass is 9.96. The van der Waals surface area contributed by atoms with Gasteiger partial charge in [0.15, 0.2) is 0 Å². The van der Waals surface area contributed by atoms with Gasteiger partial charge in [0, 0.05) is 17.1 Å². The smallest absolute Gasteiger partial charge is 0.324 e. The Kier molecular flexibility index (Phi) is 3.40. The molecule has 1 fully saturated rings. The van der Waals surface area contributed by atoms with Gasteiger partial charge in [-0.3, -0.25) is 0 Å². The number of β-amino-alcohol motifs (C(OH)–C–C–N with tert-alkyl or cyclic N) is 1. The van der Waals surface area contributed by atoms with Crippen LogP contribution < -0.4 is 4.90 Å². The first-order valence-corrected chi connectivity index (χ1v) is 6.98. The molecule has 0 spiro atoms. The fraction of sp³-hybridized carbons (Fsp3) is 0.429. The lowest BCUT2D eigenvalue weighted by molar-refractivity contribution is 0.0431. The van der Waals surface area contributed by atoms with Gasteiger partial charge in [-0.1, -0.05) is 28.9 Å². The highest BCUT2D eigenvalue weighted by molar-refractivity contribution is 6.30. The van der Waals surface area contributed by atoms with E-state index < -0.39 is 5.60 Å². The molecule has 0 radical (unpaired) electrons. The van der Waals surface area contributed by atoms with Crippen LogP contribution in [0.25, 0.3) is 11.4 Å². The molecule has 3 rings (SSSR count). The van der Waals surface area contributed by atoms with Crippen molar-refractivity contribution in [3.63, 3.8) is 0 Å². The van der Waals surface area contributed by atoms with Crippen molar-refractivity contribution >= 4 is 17.6 Å². The van der Waals surface area contributed by atoms with Crippen molar-refractivity contribution in [2.75, 3.05) is 18.0 Å². The van der Waals surface area contributed by atoms with Gasteiger partial charge in [-0.2, -0.15) is 4.98 Å². The van der Waals surface area contributed by atoms with Gasteiger partial charge in [0.2, 0.25) is 5.82 Å². The molecule has 0 bridgehead atoms. The van der Waals surface area contributed by atoms with Crippen molar-refractivity contribution in [3.8, 4) is 11.4 Å². The number of aliphatic hydroxyl groups is 1. The summed E-state index contributed by atoms with van der Waals surface area (Å²) >= 11 is 5.96. The number of aromatic nitrogens is 2. The van der Waals surface area contributed by atoms with Crippen LogP contribution in [0.15, 0.2) is 28.8 Å². The molecule has 1 N–H and O–H groups in total. The van der Waals surface area contributed by atoms with Gasteiger partial charge in [0.1, 0.15) is 0 Å². The largest absolute Gasteiger partial charge is 0.388 e. The number of hydrogen-bond donors (Lipinski definition) is 1. The Morgan fingerprint density at radius 2 is 2.30 bits per heavy atom. The highest BCUT2D eigenvalue weighted by atomic mass is 35.5. The second-order valence-corrected chi connectivity index (χ2v) is 5.87. The van der Waals surface area contributed by atoms with Gasteiger partial charge in [0.05, 0.1) is 12.1 Å². The average Bonchev–Trinajstić information content (AvgIpc) is 2.87. The SMILES string of the molecule is CC1(O)CCCN(c2nc(-c3cccc(Cl)c3)no2)C1. The van der Waals surface area contributed by atoms with Crippen LogP contribution in [0, 0.1) is 0 Å². The van der Waals surface area contributed by atoms with Crippen LogP contribution >= 0.6 is 11.6 Å². The number of hydrogen-bond acceptors (Lipinski definition) is 5. The maximum atomic E-state index is 10.1. The van der Waals surface area contributed by atoms with Crippen LogP contribution in [0.3, 0.4) is 0 Å². The maximum Gasteiger partial charge on any atom is 0.324 e. The Labute approximate surface area is 122 Å². The number of rotatable bonds is 2. The average molecular weight is 294 g/mol. The number of anilines is 1. The van der Waals surface area contributed by atoms with E-state index in [2.05, 4.69) is 10.1 Å². The Bertz CT molecular complexity index is 612. The van der Waals surface area contributed by atoms with E-state index in [0.717, 1.165) is 24.9 Å². The summed E-state index contributed by atoms with van der Waals surface area (Å²) < 4.78 is 5.30. The molecule has 1 saturated heterocycles. The molecule has 2 aromatic rings. The molecule has 1 unspecified atom stereocenters. The van der Waals surface area contributed by atoms with Crippen LogP contribution in [0.1, 0.15) is 19.8 Å². The van der Waals surface area contributed by atoms with E-state index in [9.17, 15) is 5.11 Å². The van der Waals surface area contributed by atoms with E-state index in [1.807, 2.05) is 24.0 Å². The number of halogens is 1. The monoisotopic (exact) mass is 293 g/mol. The molecule has 0 aliphatic carbocycles. The first-order chi connectivity index (χ1) is 9.53. The lowest BCUT2D eigenvalue weighted by Gasteiger charge is -2.35. The molecule has 5 nitrogen and oxygen atoms in total. The van der Waals surface area contributed by atoms with E-state index in [1.54, 1.807) is 12.1 Å². The van der Waals surface area contributed by atoms with E-state index >= 15 is 0 Å². The molecule has 106 valence electrons. The Hall–Kier alpha value is -1.59. The number of benzene rings is 1. The molecule has 1 aliphatic rings. The predicted molar refractivity (Wildman–Crippen MR) is 76.8 cm³/mol. The van der Waals surface area contributed by atoms with Gasteiger partial charge >= 0.3 is 6.01 Å². The lowest BCUT2D eigenvalue weighted by Crippen LogP contribution is -2.46. The summed E-state index contributed by atoms with van der Waals surface area (Å²) in [7, 11) is 0. The third-order valence-electron chi connectivity index (χ3n) is 3.44. The normalized spacial score (nSPS) is 23.1. The van der Waals surface area contributed by atoms with E-state index in [4.69, 9.17) is 16.1 Å². The second kappa shape index (κ2) is 5.07. The summed E-state index contributed by atoms with van der Waals surface area (Å²) in [6, 6.07) is 7.77. The fourth-order valence-electron chi connectivity index (χ4n) is 2.47. The van der Waals surface area contributed by atoms with Crippen molar-refractivity contribution in [2.45, 2.75) is 25.4 Å². The topological polar surface area (TPSA) is 62.4 Å². The zero-order valence-electron chi connectivity index (χ0n) is 11.2. The van der Waals surface area contributed by atoms with Crippen molar-refractivity contribution in [1.82, 2.24) is 10.1 Å². The van der Waals surface area contributed by atoms with E-state index in [-0.39, 0.29) is 0 Å². The summed E-state index contributed by atoms with van der Waals surface area (Å²) in [6.45, 7) is 3.14.